The first-order valence-corrected chi connectivity index (χ1v) is 11.4. The maximum Gasteiger partial charge on any atom is 0.213 e. The highest BCUT2D eigenvalue weighted by Gasteiger charge is 2.27. The lowest BCUT2D eigenvalue weighted by Gasteiger charge is -2.33. The molecular formula is C20H34N4O2S. The summed E-state index contributed by atoms with van der Waals surface area (Å²) in [5, 5.41) is 6.89. The lowest BCUT2D eigenvalue weighted by Crippen LogP contribution is -2.51. The highest BCUT2D eigenvalue weighted by atomic mass is 32.2. The monoisotopic (exact) mass is 394 g/mol. The van der Waals surface area contributed by atoms with Gasteiger partial charge in [0, 0.05) is 32.7 Å². The molecule has 0 amide bonds. The average molecular weight is 395 g/mol. The van der Waals surface area contributed by atoms with Crippen molar-refractivity contribution in [2.24, 2.45) is 10.4 Å². The standard InChI is InChI=1S/C20H34N4O2S/c1-5-27(25,26)24-13-11-18(12-14-24)23-19(21-4)22-16-20(2,3)15-17-9-7-6-8-10-17/h6-10,18H,5,11-16H2,1-4H3,(H2,21,22,23). The van der Waals surface area contributed by atoms with Crippen LogP contribution in [0.25, 0.3) is 0 Å². The van der Waals surface area contributed by atoms with Gasteiger partial charge in [-0.2, -0.15) is 0 Å². The zero-order chi connectivity index (χ0) is 19.9. The van der Waals surface area contributed by atoms with Gasteiger partial charge in [-0.25, -0.2) is 12.7 Å². The Hall–Kier alpha value is -1.60. The summed E-state index contributed by atoms with van der Waals surface area (Å²) in [5.41, 5.74) is 1.43. The Morgan fingerprint density at radius 2 is 1.85 bits per heavy atom. The molecule has 152 valence electrons. The molecule has 0 radical (unpaired) electrons. The molecule has 0 aliphatic carbocycles. The van der Waals surface area contributed by atoms with E-state index in [0.29, 0.717) is 13.1 Å². The average Bonchev–Trinajstić information content (AvgIpc) is 2.66. The second-order valence-electron chi connectivity index (χ2n) is 7.97. The van der Waals surface area contributed by atoms with Crippen LogP contribution < -0.4 is 10.6 Å². The highest BCUT2D eigenvalue weighted by molar-refractivity contribution is 7.89. The molecule has 1 saturated heterocycles. The Balaban J connectivity index is 1.81. The fourth-order valence-corrected chi connectivity index (χ4v) is 4.52. The Kier molecular flexibility index (Phi) is 7.68. The van der Waals surface area contributed by atoms with E-state index in [9.17, 15) is 8.42 Å². The highest BCUT2D eigenvalue weighted by Crippen LogP contribution is 2.21. The maximum atomic E-state index is 12.0. The minimum atomic E-state index is -3.08. The third-order valence-electron chi connectivity index (χ3n) is 5.04. The fraction of sp³-hybridized carbons (Fsp3) is 0.650. The SMILES string of the molecule is CCS(=O)(=O)N1CCC(NC(=NC)NCC(C)(C)Cc2ccccc2)CC1. The molecule has 1 aliphatic rings. The third kappa shape index (κ3) is 6.81. The second-order valence-corrected chi connectivity index (χ2v) is 10.2. The summed E-state index contributed by atoms with van der Waals surface area (Å²) >= 11 is 0. The molecule has 2 rings (SSSR count). The van der Waals surface area contributed by atoms with E-state index in [1.165, 1.54) is 5.56 Å². The van der Waals surface area contributed by atoms with Crippen LogP contribution >= 0.6 is 0 Å². The van der Waals surface area contributed by atoms with Crippen LogP contribution in [0.3, 0.4) is 0 Å². The summed E-state index contributed by atoms with van der Waals surface area (Å²) in [6.07, 6.45) is 2.59. The number of nitrogens with zero attached hydrogens (tertiary/aromatic N) is 2. The van der Waals surface area contributed by atoms with Crippen molar-refractivity contribution in [1.82, 2.24) is 14.9 Å². The number of guanidine groups is 1. The number of benzene rings is 1. The molecule has 7 heteroatoms. The number of sulfonamides is 1. The molecule has 0 saturated carbocycles. The van der Waals surface area contributed by atoms with Crippen LogP contribution in [-0.2, 0) is 16.4 Å². The number of piperidine rings is 1. The number of hydrogen-bond donors (Lipinski definition) is 2. The van der Waals surface area contributed by atoms with E-state index in [0.717, 1.165) is 31.8 Å². The molecule has 1 heterocycles. The minimum Gasteiger partial charge on any atom is -0.356 e. The van der Waals surface area contributed by atoms with Gasteiger partial charge >= 0.3 is 0 Å². The van der Waals surface area contributed by atoms with Gasteiger partial charge in [0.1, 0.15) is 0 Å². The summed E-state index contributed by atoms with van der Waals surface area (Å²) in [6.45, 7) is 8.14. The smallest absolute Gasteiger partial charge is 0.213 e. The van der Waals surface area contributed by atoms with E-state index in [4.69, 9.17) is 0 Å². The van der Waals surface area contributed by atoms with Crippen LogP contribution in [0.15, 0.2) is 35.3 Å². The first-order chi connectivity index (χ1) is 12.8. The second kappa shape index (κ2) is 9.55. The largest absolute Gasteiger partial charge is 0.356 e. The van der Waals surface area contributed by atoms with Crippen molar-refractivity contribution in [3.05, 3.63) is 35.9 Å². The predicted octanol–water partition coefficient (Wildman–Crippen LogP) is 2.23. The van der Waals surface area contributed by atoms with Gasteiger partial charge in [-0.1, -0.05) is 44.2 Å². The molecule has 0 unspecified atom stereocenters. The van der Waals surface area contributed by atoms with Crippen LogP contribution in [0, 0.1) is 5.41 Å². The van der Waals surface area contributed by atoms with Crippen LogP contribution in [-0.4, -0.2) is 57.2 Å². The zero-order valence-corrected chi connectivity index (χ0v) is 17.8. The summed E-state index contributed by atoms with van der Waals surface area (Å²) in [7, 11) is -1.30. The summed E-state index contributed by atoms with van der Waals surface area (Å²) in [6, 6.07) is 10.8. The van der Waals surface area contributed by atoms with Crippen molar-refractivity contribution < 1.29 is 8.42 Å². The lowest BCUT2D eigenvalue weighted by molar-refractivity contribution is 0.304. The molecule has 2 N–H and O–H groups in total. The summed E-state index contributed by atoms with van der Waals surface area (Å²) in [4.78, 5) is 4.34. The van der Waals surface area contributed by atoms with Crippen molar-refractivity contribution in [3.8, 4) is 0 Å². The van der Waals surface area contributed by atoms with Gasteiger partial charge < -0.3 is 10.6 Å². The molecule has 1 aromatic rings. The topological polar surface area (TPSA) is 73.8 Å². The molecular weight excluding hydrogens is 360 g/mol. The molecule has 0 bridgehead atoms. The third-order valence-corrected chi connectivity index (χ3v) is 6.92. The molecule has 0 atom stereocenters. The van der Waals surface area contributed by atoms with Gasteiger partial charge in [-0.15, -0.1) is 0 Å². The summed E-state index contributed by atoms with van der Waals surface area (Å²) < 4.78 is 25.5. The fourth-order valence-electron chi connectivity index (χ4n) is 3.38. The number of nitrogens with one attached hydrogen (secondary N) is 2. The van der Waals surface area contributed by atoms with Crippen molar-refractivity contribution in [2.75, 3.05) is 32.4 Å². The van der Waals surface area contributed by atoms with E-state index >= 15 is 0 Å². The Bertz CT molecular complexity index is 709. The maximum absolute atomic E-state index is 12.0. The number of rotatable bonds is 7. The van der Waals surface area contributed by atoms with E-state index in [2.05, 4.69) is 53.7 Å². The van der Waals surface area contributed by atoms with Crippen LogP contribution in [0.2, 0.25) is 0 Å². The van der Waals surface area contributed by atoms with Gasteiger partial charge in [-0.05, 0) is 37.2 Å². The van der Waals surface area contributed by atoms with Gasteiger partial charge in [0.05, 0.1) is 5.75 Å². The first kappa shape index (κ1) is 21.7. The Morgan fingerprint density at radius 1 is 1.22 bits per heavy atom. The number of aliphatic imine (C=N–C) groups is 1. The van der Waals surface area contributed by atoms with Crippen LogP contribution in [0.5, 0.6) is 0 Å². The number of hydrogen-bond acceptors (Lipinski definition) is 3. The molecule has 27 heavy (non-hydrogen) atoms. The van der Waals surface area contributed by atoms with E-state index in [-0.39, 0.29) is 17.2 Å². The molecule has 6 nitrogen and oxygen atoms in total. The van der Waals surface area contributed by atoms with Crippen molar-refractivity contribution in [2.45, 2.75) is 46.1 Å². The van der Waals surface area contributed by atoms with Gasteiger partial charge in [-0.3, -0.25) is 4.99 Å². The van der Waals surface area contributed by atoms with E-state index in [1.807, 2.05) is 6.07 Å². The first-order valence-electron chi connectivity index (χ1n) is 9.75. The van der Waals surface area contributed by atoms with E-state index < -0.39 is 10.0 Å². The molecule has 1 aromatic carbocycles. The molecule has 1 fully saturated rings. The quantitative estimate of drug-likeness (QED) is 0.549. The van der Waals surface area contributed by atoms with Crippen LogP contribution in [0.4, 0.5) is 0 Å². The Morgan fingerprint density at radius 3 is 2.41 bits per heavy atom. The van der Waals surface area contributed by atoms with Crippen molar-refractivity contribution >= 4 is 16.0 Å². The zero-order valence-electron chi connectivity index (χ0n) is 17.0. The van der Waals surface area contributed by atoms with E-state index in [1.54, 1.807) is 18.3 Å². The minimum absolute atomic E-state index is 0.0948. The molecule has 1 aliphatic heterocycles. The molecule has 0 aromatic heterocycles. The predicted molar refractivity (Wildman–Crippen MR) is 112 cm³/mol. The van der Waals surface area contributed by atoms with Crippen molar-refractivity contribution in [1.29, 1.82) is 0 Å². The Labute approximate surface area is 164 Å². The normalized spacial score (nSPS) is 17.7. The van der Waals surface area contributed by atoms with Gasteiger partial charge in [0.2, 0.25) is 10.0 Å². The van der Waals surface area contributed by atoms with Crippen LogP contribution in [0.1, 0.15) is 39.2 Å². The summed E-state index contributed by atoms with van der Waals surface area (Å²) in [5.74, 6) is 0.957. The van der Waals surface area contributed by atoms with Gasteiger partial charge in [0.25, 0.3) is 0 Å². The lowest BCUT2D eigenvalue weighted by atomic mass is 9.86. The molecule has 0 spiro atoms. The van der Waals surface area contributed by atoms with Gasteiger partial charge in [0.15, 0.2) is 5.96 Å². The van der Waals surface area contributed by atoms with Crippen molar-refractivity contribution in [3.63, 3.8) is 0 Å².